The fraction of sp³-hybridized carbons (Fsp3) is 0.417. The summed E-state index contributed by atoms with van der Waals surface area (Å²) in [5.74, 6) is -0.0163. The van der Waals surface area contributed by atoms with Crippen LogP contribution < -0.4 is 10.1 Å². The zero-order chi connectivity index (χ0) is 12.8. The molecule has 0 radical (unpaired) electrons. The Bertz CT molecular complexity index is 391. The van der Waals surface area contributed by atoms with E-state index in [0.29, 0.717) is 22.9 Å². The van der Waals surface area contributed by atoms with Crippen LogP contribution in [0.4, 0.5) is 5.69 Å². The third kappa shape index (κ3) is 3.61. The minimum atomic E-state index is -0.409. The summed E-state index contributed by atoms with van der Waals surface area (Å²) in [6.45, 7) is 1.67. The van der Waals surface area contributed by atoms with E-state index in [1.165, 1.54) is 0 Å². The average molecular weight is 258 g/mol. The molecular weight excluding hydrogens is 242 g/mol. The van der Waals surface area contributed by atoms with Crippen LogP contribution in [0.5, 0.6) is 5.75 Å². The maximum absolute atomic E-state index is 11.7. The number of hydrogen-bond acceptors (Lipinski definition) is 3. The number of methoxy groups -OCH3 is 1. The molecule has 0 fully saturated rings. The van der Waals surface area contributed by atoms with Crippen molar-refractivity contribution in [2.75, 3.05) is 19.0 Å². The molecule has 1 aromatic rings. The van der Waals surface area contributed by atoms with Crippen molar-refractivity contribution in [2.45, 2.75) is 13.3 Å². The van der Waals surface area contributed by atoms with Crippen LogP contribution >= 0.6 is 11.6 Å². The third-order valence-corrected chi connectivity index (χ3v) is 2.83. The molecule has 0 saturated carbocycles. The molecule has 1 unspecified atom stereocenters. The molecule has 0 spiro atoms. The standard InChI is InChI=1S/C12H16ClNO3/c1-3-8(7-15)12(16)14-11-5-4-9(17-2)6-10(11)13/h4-6,8,15H,3,7H2,1-2H3,(H,14,16). The van der Waals surface area contributed by atoms with Gasteiger partial charge in [0.15, 0.2) is 0 Å². The molecule has 94 valence electrons. The van der Waals surface area contributed by atoms with Crippen molar-refractivity contribution < 1.29 is 14.6 Å². The second kappa shape index (κ2) is 6.47. The maximum Gasteiger partial charge on any atom is 0.229 e. The Kier molecular flexibility index (Phi) is 5.25. The Morgan fingerprint density at radius 2 is 2.29 bits per heavy atom. The summed E-state index contributed by atoms with van der Waals surface area (Å²) in [7, 11) is 1.54. The number of aliphatic hydroxyl groups excluding tert-OH is 1. The Morgan fingerprint density at radius 1 is 1.59 bits per heavy atom. The van der Waals surface area contributed by atoms with E-state index in [0.717, 1.165) is 0 Å². The molecule has 1 rings (SSSR count). The van der Waals surface area contributed by atoms with Gasteiger partial charge in [0.25, 0.3) is 0 Å². The van der Waals surface area contributed by atoms with Crippen molar-refractivity contribution in [1.82, 2.24) is 0 Å². The molecular formula is C12H16ClNO3. The minimum absolute atomic E-state index is 0.171. The van der Waals surface area contributed by atoms with Gasteiger partial charge in [0.05, 0.1) is 30.3 Å². The summed E-state index contributed by atoms with van der Waals surface area (Å²) in [6, 6.07) is 5.00. The number of rotatable bonds is 5. The first-order chi connectivity index (χ1) is 8.12. The van der Waals surface area contributed by atoms with Gasteiger partial charge in [0.2, 0.25) is 5.91 Å². The number of carbonyl (C=O) groups is 1. The van der Waals surface area contributed by atoms with Crippen LogP contribution in [0, 0.1) is 5.92 Å². The molecule has 2 N–H and O–H groups in total. The molecule has 0 saturated heterocycles. The number of halogens is 1. The van der Waals surface area contributed by atoms with Crippen molar-refractivity contribution in [1.29, 1.82) is 0 Å². The van der Waals surface area contributed by atoms with Gasteiger partial charge in [-0.3, -0.25) is 4.79 Å². The number of amides is 1. The van der Waals surface area contributed by atoms with E-state index >= 15 is 0 Å². The Balaban J connectivity index is 2.78. The van der Waals surface area contributed by atoms with E-state index in [-0.39, 0.29) is 12.5 Å². The minimum Gasteiger partial charge on any atom is -0.497 e. The average Bonchev–Trinajstić information content (AvgIpc) is 2.33. The molecule has 4 nitrogen and oxygen atoms in total. The van der Waals surface area contributed by atoms with Crippen molar-refractivity contribution >= 4 is 23.2 Å². The van der Waals surface area contributed by atoms with Gasteiger partial charge < -0.3 is 15.2 Å². The van der Waals surface area contributed by atoms with Crippen LogP contribution in [-0.4, -0.2) is 24.7 Å². The normalized spacial score (nSPS) is 12.0. The van der Waals surface area contributed by atoms with E-state index in [4.69, 9.17) is 21.4 Å². The summed E-state index contributed by atoms with van der Waals surface area (Å²) in [5, 5.41) is 12.1. The summed E-state index contributed by atoms with van der Waals surface area (Å²) < 4.78 is 5.01. The smallest absolute Gasteiger partial charge is 0.229 e. The second-order valence-corrected chi connectivity index (χ2v) is 4.03. The fourth-order valence-electron chi connectivity index (χ4n) is 1.36. The highest BCUT2D eigenvalue weighted by Gasteiger charge is 2.16. The molecule has 0 heterocycles. The summed E-state index contributed by atoms with van der Waals surface area (Å²) in [5.41, 5.74) is 0.518. The summed E-state index contributed by atoms with van der Waals surface area (Å²) >= 11 is 5.99. The molecule has 1 amide bonds. The first kappa shape index (κ1) is 13.8. The second-order valence-electron chi connectivity index (χ2n) is 3.62. The number of aliphatic hydroxyl groups is 1. The summed E-state index contributed by atoms with van der Waals surface area (Å²) in [6.07, 6.45) is 0.579. The van der Waals surface area contributed by atoms with Gasteiger partial charge in [0, 0.05) is 6.07 Å². The van der Waals surface area contributed by atoms with Crippen molar-refractivity contribution in [3.63, 3.8) is 0 Å². The van der Waals surface area contributed by atoms with Crippen LogP contribution in [0.25, 0.3) is 0 Å². The predicted octanol–water partition coefficient (Wildman–Crippen LogP) is 2.31. The molecule has 0 bridgehead atoms. The lowest BCUT2D eigenvalue weighted by atomic mass is 10.1. The maximum atomic E-state index is 11.7. The zero-order valence-corrected chi connectivity index (χ0v) is 10.6. The van der Waals surface area contributed by atoms with E-state index in [2.05, 4.69) is 5.32 Å². The number of nitrogens with one attached hydrogen (secondary N) is 1. The quantitative estimate of drug-likeness (QED) is 0.851. The van der Waals surface area contributed by atoms with Gasteiger partial charge in [-0.25, -0.2) is 0 Å². The lowest BCUT2D eigenvalue weighted by Crippen LogP contribution is -2.25. The summed E-state index contributed by atoms with van der Waals surface area (Å²) in [4.78, 5) is 11.7. The molecule has 0 aromatic heterocycles. The monoisotopic (exact) mass is 257 g/mol. The number of carbonyl (C=O) groups excluding carboxylic acids is 1. The molecule has 17 heavy (non-hydrogen) atoms. The molecule has 5 heteroatoms. The molecule has 0 aliphatic carbocycles. The van der Waals surface area contributed by atoms with Crippen molar-refractivity contribution in [3.05, 3.63) is 23.2 Å². The lowest BCUT2D eigenvalue weighted by Gasteiger charge is -2.13. The predicted molar refractivity (Wildman–Crippen MR) is 67.5 cm³/mol. The Labute approximate surface area is 106 Å². The zero-order valence-electron chi connectivity index (χ0n) is 9.87. The van der Waals surface area contributed by atoms with Crippen LogP contribution in [0.15, 0.2) is 18.2 Å². The van der Waals surface area contributed by atoms with Crippen molar-refractivity contribution in [3.8, 4) is 5.75 Å². The van der Waals surface area contributed by atoms with Gasteiger partial charge in [-0.05, 0) is 18.6 Å². The highest BCUT2D eigenvalue weighted by Crippen LogP contribution is 2.27. The first-order valence-corrected chi connectivity index (χ1v) is 5.75. The first-order valence-electron chi connectivity index (χ1n) is 5.37. The number of anilines is 1. The molecule has 0 aliphatic rings. The topological polar surface area (TPSA) is 58.6 Å². The van der Waals surface area contributed by atoms with Crippen molar-refractivity contribution in [2.24, 2.45) is 5.92 Å². The van der Waals surface area contributed by atoms with Gasteiger partial charge in [-0.15, -0.1) is 0 Å². The van der Waals surface area contributed by atoms with Crippen LogP contribution in [0.1, 0.15) is 13.3 Å². The highest BCUT2D eigenvalue weighted by atomic mass is 35.5. The van der Waals surface area contributed by atoms with Gasteiger partial charge in [-0.1, -0.05) is 18.5 Å². The fourth-order valence-corrected chi connectivity index (χ4v) is 1.57. The van der Waals surface area contributed by atoms with E-state index in [1.54, 1.807) is 25.3 Å². The van der Waals surface area contributed by atoms with Crippen LogP contribution in [0.3, 0.4) is 0 Å². The van der Waals surface area contributed by atoms with Gasteiger partial charge in [-0.2, -0.15) is 0 Å². The molecule has 1 aromatic carbocycles. The van der Waals surface area contributed by atoms with Gasteiger partial charge >= 0.3 is 0 Å². The Hall–Kier alpha value is -1.26. The number of hydrogen-bond donors (Lipinski definition) is 2. The Morgan fingerprint density at radius 3 is 2.76 bits per heavy atom. The third-order valence-electron chi connectivity index (χ3n) is 2.52. The number of ether oxygens (including phenoxy) is 1. The number of benzene rings is 1. The molecule has 0 aliphatic heterocycles. The van der Waals surface area contributed by atoms with Crippen LogP contribution in [0.2, 0.25) is 5.02 Å². The highest BCUT2D eigenvalue weighted by molar-refractivity contribution is 6.33. The van der Waals surface area contributed by atoms with E-state index in [1.807, 2.05) is 6.92 Å². The van der Waals surface area contributed by atoms with E-state index in [9.17, 15) is 4.79 Å². The lowest BCUT2D eigenvalue weighted by molar-refractivity contribution is -0.121. The molecule has 1 atom stereocenters. The van der Waals surface area contributed by atoms with Gasteiger partial charge in [0.1, 0.15) is 5.75 Å². The van der Waals surface area contributed by atoms with E-state index < -0.39 is 5.92 Å². The SMILES string of the molecule is CCC(CO)C(=O)Nc1ccc(OC)cc1Cl. The largest absolute Gasteiger partial charge is 0.497 e. The van der Waals surface area contributed by atoms with Crippen LogP contribution in [-0.2, 0) is 4.79 Å².